The van der Waals surface area contributed by atoms with Crippen molar-refractivity contribution in [1.82, 2.24) is 0 Å². The van der Waals surface area contributed by atoms with Gasteiger partial charge in [0.25, 0.3) is 0 Å². The van der Waals surface area contributed by atoms with Crippen LogP contribution in [0.2, 0.25) is 0 Å². The molecule has 1 rings (SSSR count). The fourth-order valence-corrected chi connectivity index (χ4v) is 1.15. The number of benzene rings is 1. The van der Waals surface area contributed by atoms with Crippen LogP contribution in [0.15, 0.2) is 30.3 Å². The van der Waals surface area contributed by atoms with E-state index >= 15 is 0 Å². The van der Waals surface area contributed by atoms with Crippen molar-refractivity contribution in [2.45, 2.75) is 25.7 Å². The summed E-state index contributed by atoms with van der Waals surface area (Å²) in [7, 11) is 0. The zero-order valence-corrected chi connectivity index (χ0v) is 7.54. The molecule has 1 aromatic rings. The Labute approximate surface area is 73.6 Å². The van der Waals surface area contributed by atoms with E-state index in [9.17, 15) is 0 Å². The van der Waals surface area contributed by atoms with Gasteiger partial charge in [-0.3, -0.25) is 0 Å². The third-order valence-electron chi connectivity index (χ3n) is 2.36. The molecule has 0 bridgehead atoms. The molecule has 62 valence electrons. The van der Waals surface area contributed by atoms with Gasteiger partial charge in [0.1, 0.15) is 0 Å². The van der Waals surface area contributed by atoms with E-state index in [0.29, 0.717) is 0 Å². The van der Waals surface area contributed by atoms with Crippen LogP contribution in [0, 0.1) is 11.3 Å². The van der Waals surface area contributed by atoms with E-state index in [4.69, 9.17) is 5.26 Å². The molecule has 0 saturated heterocycles. The lowest BCUT2D eigenvalue weighted by molar-refractivity contribution is 0.587. The minimum Gasteiger partial charge on any atom is -0.197 e. The molecule has 1 heteroatoms. The summed E-state index contributed by atoms with van der Waals surface area (Å²) < 4.78 is 0. The molecule has 0 aromatic heterocycles. The second-order valence-corrected chi connectivity index (χ2v) is 3.16. The highest BCUT2D eigenvalue weighted by Gasteiger charge is 2.22. The van der Waals surface area contributed by atoms with Crippen LogP contribution in [0.5, 0.6) is 0 Å². The SMILES string of the molecule is CC[C@](C)(C#N)c1ccccc1. The maximum atomic E-state index is 8.99. The van der Waals surface area contributed by atoms with Crippen molar-refractivity contribution in [1.29, 1.82) is 5.26 Å². The van der Waals surface area contributed by atoms with Crippen molar-refractivity contribution in [3.63, 3.8) is 0 Å². The Morgan fingerprint density at radius 1 is 1.33 bits per heavy atom. The zero-order valence-electron chi connectivity index (χ0n) is 7.54. The highest BCUT2D eigenvalue weighted by atomic mass is 14.3. The smallest absolute Gasteiger partial charge is 0.0791 e. The van der Waals surface area contributed by atoms with Crippen LogP contribution in [0.4, 0.5) is 0 Å². The summed E-state index contributed by atoms with van der Waals surface area (Å²) in [6.45, 7) is 4.01. The molecule has 0 amide bonds. The fraction of sp³-hybridized carbons (Fsp3) is 0.364. The van der Waals surface area contributed by atoms with E-state index in [1.54, 1.807) is 0 Å². The van der Waals surface area contributed by atoms with Gasteiger partial charge in [0.15, 0.2) is 0 Å². The van der Waals surface area contributed by atoms with Gasteiger partial charge in [-0.25, -0.2) is 0 Å². The van der Waals surface area contributed by atoms with Crippen LogP contribution in [-0.4, -0.2) is 0 Å². The predicted octanol–water partition coefficient (Wildman–Crippen LogP) is 2.88. The number of hydrogen-bond donors (Lipinski definition) is 0. The van der Waals surface area contributed by atoms with Gasteiger partial charge in [-0.2, -0.15) is 5.26 Å². The molecule has 12 heavy (non-hydrogen) atoms. The minimum atomic E-state index is -0.318. The summed E-state index contributed by atoms with van der Waals surface area (Å²) in [4.78, 5) is 0. The largest absolute Gasteiger partial charge is 0.197 e. The predicted molar refractivity (Wildman–Crippen MR) is 49.7 cm³/mol. The molecule has 0 aliphatic carbocycles. The summed E-state index contributed by atoms with van der Waals surface area (Å²) in [5.41, 5.74) is 0.788. The number of nitriles is 1. The third-order valence-corrected chi connectivity index (χ3v) is 2.36. The average molecular weight is 159 g/mol. The van der Waals surface area contributed by atoms with E-state index in [-0.39, 0.29) is 5.41 Å². The summed E-state index contributed by atoms with van der Waals surface area (Å²) in [6.07, 6.45) is 0.855. The first-order chi connectivity index (χ1) is 5.73. The summed E-state index contributed by atoms with van der Waals surface area (Å²) >= 11 is 0. The van der Waals surface area contributed by atoms with Gasteiger partial charge in [-0.15, -0.1) is 0 Å². The van der Waals surface area contributed by atoms with Crippen molar-refractivity contribution in [2.24, 2.45) is 0 Å². The molecular formula is C11H13N. The van der Waals surface area contributed by atoms with E-state index in [2.05, 4.69) is 6.07 Å². The van der Waals surface area contributed by atoms with Crippen molar-refractivity contribution in [2.75, 3.05) is 0 Å². The minimum absolute atomic E-state index is 0.318. The standard InChI is InChI=1S/C11H13N/c1-3-11(2,9-12)10-7-5-4-6-8-10/h4-8H,3H2,1-2H3/t11-/m1/s1. The zero-order chi connectivity index (χ0) is 9.03. The topological polar surface area (TPSA) is 23.8 Å². The molecule has 0 spiro atoms. The van der Waals surface area contributed by atoms with E-state index < -0.39 is 0 Å². The van der Waals surface area contributed by atoms with Crippen molar-refractivity contribution >= 4 is 0 Å². The Morgan fingerprint density at radius 2 is 1.92 bits per heavy atom. The van der Waals surface area contributed by atoms with Crippen LogP contribution < -0.4 is 0 Å². The maximum absolute atomic E-state index is 8.99. The molecule has 0 fully saturated rings. The molecule has 0 aliphatic rings. The summed E-state index contributed by atoms with van der Waals surface area (Å²) in [5.74, 6) is 0. The van der Waals surface area contributed by atoms with E-state index in [1.807, 2.05) is 44.2 Å². The highest BCUT2D eigenvalue weighted by Crippen LogP contribution is 2.25. The Balaban J connectivity index is 3.06. The average Bonchev–Trinajstić information content (AvgIpc) is 2.18. The maximum Gasteiger partial charge on any atom is 0.0791 e. The molecule has 0 heterocycles. The quantitative estimate of drug-likeness (QED) is 0.651. The number of hydrogen-bond acceptors (Lipinski definition) is 1. The molecule has 1 nitrogen and oxygen atoms in total. The Hall–Kier alpha value is -1.29. The molecule has 1 aromatic carbocycles. The van der Waals surface area contributed by atoms with Crippen molar-refractivity contribution in [3.05, 3.63) is 35.9 Å². The van der Waals surface area contributed by atoms with Crippen LogP contribution in [-0.2, 0) is 5.41 Å². The van der Waals surface area contributed by atoms with E-state index in [1.165, 1.54) is 0 Å². The molecule has 0 unspecified atom stereocenters. The van der Waals surface area contributed by atoms with Gasteiger partial charge in [-0.1, -0.05) is 37.3 Å². The first-order valence-electron chi connectivity index (χ1n) is 4.19. The van der Waals surface area contributed by atoms with Gasteiger partial charge in [0, 0.05) is 0 Å². The fourth-order valence-electron chi connectivity index (χ4n) is 1.15. The van der Waals surface area contributed by atoms with Crippen LogP contribution in [0.25, 0.3) is 0 Å². The van der Waals surface area contributed by atoms with Gasteiger partial charge in [-0.05, 0) is 18.9 Å². The first-order valence-corrected chi connectivity index (χ1v) is 4.19. The second-order valence-electron chi connectivity index (χ2n) is 3.16. The van der Waals surface area contributed by atoms with Gasteiger partial charge < -0.3 is 0 Å². The Kier molecular flexibility index (Phi) is 2.50. The molecule has 1 atom stereocenters. The Morgan fingerprint density at radius 3 is 2.33 bits per heavy atom. The lowest BCUT2D eigenvalue weighted by Gasteiger charge is -2.19. The summed E-state index contributed by atoms with van der Waals surface area (Å²) in [6, 6.07) is 12.3. The summed E-state index contributed by atoms with van der Waals surface area (Å²) in [5, 5.41) is 8.99. The third kappa shape index (κ3) is 1.48. The van der Waals surface area contributed by atoms with Crippen LogP contribution >= 0.6 is 0 Å². The second kappa shape index (κ2) is 3.40. The van der Waals surface area contributed by atoms with Crippen molar-refractivity contribution in [3.8, 4) is 6.07 Å². The Bertz CT molecular complexity index is 284. The lowest BCUT2D eigenvalue weighted by Crippen LogP contribution is -2.17. The molecule has 0 N–H and O–H groups in total. The normalized spacial score (nSPS) is 14.8. The van der Waals surface area contributed by atoms with Crippen molar-refractivity contribution < 1.29 is 0 Å². The molecule has 0 aliphatic heterocycles. The first kappa shape index (κ1) is 8.80. The van der Waals surface area contributed by atoms with Crippen LogP contribution in [0.1, 0.15) is 25.8 Å². The molecular weight excluding hydrogens is 146 g/mol. The lowest BCUT2D eigenvalue weighted by atomic mass is 9.82. The van der Waals surface area contributed by atoms with Gasteiger partial charge in [0.05, 0.1) is 11.5 Å². The number of nitrogens with zero attached hydrogens (tertiary/aromatic N) is 1. The van der Waals surface area contributed by atoms with Gasteiger partial charge >= 0.3 is 0 Å². The van der Waals surface area contributed by atoms with Gasteiger partial charge in [0.2, 0.25) is 0 Å². The van der Waals surface area contributed by atoms with Crippen LogP contribution in [0.3, 0.4) is 0 Å². The number of rotatable bonds is 2. The molecule has 0 saturated carbocycles. The monoisotopic (exact) mass is 159 g/mol. The van der Waals surface area contributed by atoms with E-state index in [0.717, 1.165) is 12.0 Å². The molecule has 0 radical (unpaired) electrons. The highest BCUT2D eigenvalue weighted by molar-refractivity contribution is 5.30.